The number of nitrogens with zero attached hydrogens (tertiary/aromatic N) is 1. The molecule has 0 aliphatic rings. The Morgan fingerprint density at radius 3 is 2.19 bits per heavy atom. The summed E-state index contributed by atoms with van der Waals surface area (Å²) in [5, 5.41) is 0. The fourth-order valence-electron chi connectivity index (χ4n) is 2.49. The van der Waals surface area contributed by atoms with Crippen LogP contribution in [0.4, 0.5) is 0 Å². The molecule has 2 nitrogen and oxygen atoms in total. The van der Waals surface area contributed by atoms with Gasteiger partial charge in [-0.2, -0.15) is 0 Å². The number of hydrogen-bond donors (Lipinski definition) is 0. The van der Waals surface area contributed by atoms with E-state index in [4.69, 9.17) is 4.74 Å². The molecule has 0 aromatic heterocycles. The molecule has 0 saturated heterocycles. The van der Waals surface area contributed by atoms with Gasteiger partial charge in [0.25, 0.3) is 0 Å². The summed E-state index contributed by atoms with van der Waals surface area (Å²) in [6, 6.07) is 0. The average Bonchev–Trinajstić information content (AvgIpc) is 2.24. The van der Waals surface area contributed by atoms with Crippen LogP contribution in [0.15, 0.2) is 0 Å². The second-order valence-electron chi connectivity index (χ2n) is 5.34. The molecule has 98 valence electrons. The molecule has 0 aromatic rings. The van der Waals surface area contributed by atoms with Crippen molar-refractivity contribution >= 4 is 0 Å². The summed E-state index contributed by atoms with van der Waals surface area (Å²) >= 11 is 0. The third kappa shape index (κ3) is 6.49. The monoisotopic (exact) mass is 229 g/mol. The van der Waals surface area contributed by atoms with Crippen LogP contribution in [-0.4, -0.2) is 39.3 Å². The molecule has 0 aliphatic heterocycles. The third-order valence-electron chi connectivity index (χ3n) is 3.41. The lowest BCUT2D eigenvalue weighted by Crippen LogP contribution is -2.37. The molecule has 0 radical (unpaired) electrons. The SMILES string of the molecule is CCCCCCC(CC)(COC)CN(C)C. The van der Waals surface area contributed by atoms with Gasteiger partial charge >= 0.3 is 0 Å². The van der Waals surface area contributed by atoms with E-state index in [1.54, 1.807) is 0 Å². The van der Waals surface area contributed by atoms with Gasteiger partial charge in [0.1, 0.15) is 0 Å². The zero-order valence-corrected chi connectivity index (χ0v) is 12.0. The second kappa shape index (κ2) is 9.00. The minimum atomic E-state index is 0.367. The Kier molecular flexibility index (Phi) is 8.96. The molecule has 0 aliphatic carbocycles. The third-order valence-corrected chi connectivity index (χ3v) is 3.41. The maximum Gasteiger partial charge on any atom is 0.0530 e. The zero-order chi connectivity index (χ0) is 12.4. The first-order valence-electron chi connectivity index (χ1n) is 6.74. The van der Waals surface area contributed by atoms with Crippen molar-refractivity contribution in [3.05, 3.63) is 0 Å². The van der Waals surface area contributed by atoms with Gasteiger partial charge in [0.2, 0.25) is 0 Å². The summed E-state index contributed by atoms with van der Waals surface area (Å²) in [5.74, 6) is 0. The Morgan fingerprint density at radius 1 is 1.06 bits per heavy atom. The van der Waals surface area contributed by atoms with Gasteiger partial charge in [0.05, 0.1) is 6.61 Å². The van der Waals surface area contributed by atoms with Crippen LogP contribution in [0.3, 0.4) is 0 Å². The summed E-state index contributed by atoms with van der Waals surface area (Å²) in [6.07, 6.45) is 7.92. The lowest BCUT2D eigenvalue weighted by atomic mass is 9.80. The highest BCUT2D eigenvalue weighted by Crippen LogP contribution is 2.30. The van der Waals surface area contributed by atoms with Gasteiger partial charge in [0.15, 0.2) is 0 Å². The van der Waals surface area contributed by atoms with Crippen LogP contribution in [-0.2, 0) is 4.74 Å². The van der Waals surface area contributed by atoms with Crippen molar-refractivity contribution in [2.75, 3.05) is 34.4 Å². The van der Waals surface area contributed by atoms with Crippen molar-refractivity contribution in [2.24, 2.45) is 5.41 Å². The van der Waals surface area contributed by atoms with Crippen molar-refractivity contribution in [3.8, 4) is 0 Å². The van der Waals surface area contributed by atoms with E-state index in [0.717, 1.165) is 13.2 Å². The van der Waals surface area contributed by atoms with Gasteiger partial charge in [-0.25, -0.2) is 0 Å². The number of methoxy groups -OCH3 is 1. The first-order chi connectivity index (χ1) is 7.60. The molecule has 2 heteroatoms. The molecule has 0 bridgehead atoms. The molecule has 0 rings (SSSR count). The predicted molar refractivity (Wildman–Crippen MR) is 71.9 cm³/mol. The normalized spacial score (nSPS) is 15.4. The second-order valence-corrected chi connectivity index (χ2v) is 5.34. The van der Waals surface area contributed by atoms with Crippen molar-refractivity contribution in [2.45, 2.75) is 52.4 Å². The van der Waals surface area contributed by atoms with Crippen LogP contribution < -0.4 is 0 Å². The lowest BCUT2D eigenvalue weighted by molar-refractivity contribution is 0.0453. The Bertz CT molecular complexity index is 159. The van der Waals surface area contributed by atoms with Crippen molar-refractivity contribution in [1.29, 1.82) is 0 Å². The molecule has 0 heterocycles. The quantitative estimate of drug-likeness (QED) is 0.531. The van der Waals surface area contributed by atoms with Crippen LogP contribution in [0.25, 0.3) is 0 Å². The van der Waals surface area contributed by atoms with Gasteiger partial charge in [0, 0.05) is 19.1 Å². The van der Waals surface area contributed by atoms with E-state index in [9.17, 15) is 0 Å². The average molecular weight is 229 g/mol. The molecule has 0 amide bonds. The summed E-state index contributed by atoms with van der Waals surface area (Å²) < 4.78 is 5.43. The fraction of sp³-hybridized carbons (Fsp3) is 1.00. The first-order valence-corrected chi connectivity index (χ1v) is 6.74. The van der Waals surface area contributed by atoms with Gasteiger partial charge < -0.3 is 9.64 Å². The minimum Gasteiger partial charge on any atom is -0.384 e. The highest BCUT2D eigenvalue weighted by molar-refractivity contribution is 4.80. The Labute approximate surface area is 102 Å². The Balaban J connectivity index is 4.15. The number of rotatable bonds is 10. The standard InChI is InChI=1S/C14H31NO/c1-6-8-9-10-11-14(7-2,13-16-5)12-15(3)4/h6-13H2,1-5H3. The van der Waals surface area contributed by atoms with Gasteiger partial charge in [-0.15, -0.1) is 0 Å². The zero-order valence-electron chi connectivity index (χ0n) is 12.0. The molecule has 0 fully saturated rings. The number of unbranched alkanes of at least 4 members (excludes halogenated alkanes) is 3. The number of ether oxygens (including phenoxy) is 1. The molecular formula is C14H31NO. The molecule has 1 unspecified atom stereocenters. The van der Waals surface area contributed by atoms with Gasteiger partial charge in [-0.05, 0) is 26.9 Å². The highest BCUT2D eigenvalue weighted by Gasteiger charge is 2.28. The lowest BCUT2D eigenvalue weighted by Gasteiger charge is -2.35. The topological polar surface area (TPSA) is 12.5 Å². The summed E-state index contributed by atoms with van der Waals surface area (Å²) in [6.45, 7) is 6.60. The van der Waals surface area contributed by atoms with E-state index in [0.29, 0.717) is 5.41 Å². The fourth-order valence-corrected chi connectivity index (χ4v) is 2.49. The van der Waals surface area contributed by atoms with E-state index in [2.05, 4.69) is 32.8 Å². The molecule has 0 aromatic carbocycles. The molecule has 0 N–H and O–H groups in total. The van der Waals surface area contributed by atoms with Crippen molar-refractivity contribution in [1.82, 2.24) is 4.90 Å². The van der Waals surface area contributed by atoms with Crippen molar-refractivity contribution in [3.63, 3.8) is 0 Å². The predicted octanol–water partition coefficient (Wildman–Crippen LogP) is 3.56. The maximum atomic E-state index is 5.43. The maximum absolute atomic E-state index is 5.43. The van der Waals surface area contributed by atoms with E-state index in [-0.39, 0.29) is 0 Å². The molecule has 0 saturated carbocycles. The summed E-state index contributed by atoms with van der Waals surface area (Å²) in [4.78, 5) is 2.29. The van der Waals surface area contributed by atoms with E-state index in [1.807, 2.05) is 7.11 Å². The first kappa shape index (κ1) is 15.9. The van der Waals surface area contributed by atoms with E-state index < -0.39 is 0 Å². The van der Waals surface area contributed by atoms with Crippen LogP contribution in [0.5, 0.6) is 0 Å². The van der Waals surface area contributed by atoms with Crippen LogP contribution in [0, 0.1) is 5.41 Å². The summed E-state index contributed by atoms with van der Waals surface area (Å²) in [5.41, 5.74) is 0.367. The van der Waals surface area contributed by atoms with Crippen molar-refractivity contribution < 1.29 is 4.74 Å². The van der Waals surface area contributed by atoms with Crippen LogP contribution >= 0.6 is 0 Å². The smallest absolute Gasteiger partial charge is 0.0530 e. The molecular weight excluding hydrogens is 198 g/mol. The number of hydrogen-bond acceptors (Lipinski definition) is 2. The van der Waals surface area contributed by atoms with E-state index in [1.165, 1.54) is 38.5 Å². The Hall–Kier alpha value is -0.0800. The largest absolute Gasteiger partial charge is 0.384 e. The molecule has 1 atom stereocenters. The Morgan fingerprint density at radius 2 is 1.75 bits per heavy atom. The summed E-state index contributed by atoms with van der Waals surface area (Å²) in [7, 11) is 6.14. The van der Waals surface area contributed by atoms with Crippen LogP contribution in [0.1, 0.15) is 52.4 Å². The van der Waals surface area contributed by atoms with E-state index >= 15 is 0 Å². The van der Waals surface area contributed by atoms with Gasteiger partial charge in [-0.1, -0.05) is 39.5 Å². The molecule has 16 heavy (non-hydrogen) atoms. The minimum absolute atomic E-state index is 0.367. The van der Waals surface area contributed by atoms with Crippen LogP contribution in [0.2, 0.25) is 0 Å². The highest BCUT2D eigenvalue weighted by atomic mass is 16.5. The van der Waals surface area contributed by atoms with Gasteiger partial charge in [-0.3, -0.25) is 0 Å². The molecule has 0 spiro atoms.